The number of H-pyrrole nitrogens is 1. The number of nitrogens with zero attached hydrogens (tertiary/aromatic N) is 1. The Balaban J connectivity index is 2.45. The summed E-state index contributed by atoms with van der Waals surface area (Å²) in [5.41, 5.74) is 2.00. The van der Waals surface area contributed by atoms with Crippen LogP contribution in [0.3, 0.4) is 0 Å². The van der Waals surface area contributed by atoms with Gasteiger partial charge in [-0.05, 0) is 12.1 Å². The first-order chi connectivity index (χ1) is 7.22. The van der Waals surface area contributed by atoms with Gasteiger partial charge in [0.1, 0.15) is 5.69 Å². The smallest absolute Gasteiger partial charge is 0.111 e. The molecule has 15 heavy (non-hydrogen) atoms. The van der Waals surface area contributed by atoms with Gasteiger partial charge in [-0.15, -0.1) is 0 Å². The summed E-state index contributed by atoms with van der Waals surface area (Å²) in [6.45, 7) is -0.153. The van der Waals surface area contributed by atoms with E-state index in [9.17, 15) is 0 Å². The first-order valence-corrected chi connectivity index (χ1v) is 5.07. The molecule has 5 heteroatoms. The van der Waals surface area contributed by atoms with Crippen LogP contribution in [0.4, 0.5) is 0 Å². The second-order valence-corrected chi connectivity index (χ2v) is 3.84. The molecule has 0 aliphatic carbocycles. The van der Waals surface area contributed by atoms with Gasteiger partial charge in [-0.25, -0.2) is 0 Å². The largest absolute Gasteiger partial charge is 0.390 e. The van der Waals surface area contributed by atoms with E-state index in [2.05, 4.69) is 10.2 Å². The molecular formula is C10H8Cl2N2O. The lowest BCUT2D eigenvalue weighted by Crippen LogP contribution is -1.82. The van der Waals surface area contributed by atoms with E-state index in [-0.39, 0.29) is 6.61 Å². The van der Waals surface area contributed by atoms with Gasteiger partial charge in [-0.1, -0.05) is 35.3 Å². The van der Waals surface area contributed by atoms with E-state index in [0.717, 1.165) is 5.56 Å². The molecule has 2 N–H and O–H groups in total. The number of aliphatic hydroxyl groups excluding tert-OH is 1. The Labute approximate surface area is 96.7 Å². The highest BCUT2D eigenvalue weighted by molar-refractivity contribution is 6.33. The van der Waals surface area contributed by atoms with Crippen LogP contribution < -0.4 is 0 Å². The number of hydrogen-bond acceptors (Lipinski definition) is 2. The van der Waals surface area contributed by atoms with Gasteiger partial charge in [0.05, 0.1) is 17.3 Å². The lowest BCUT2D eigenvalue weighted by Gasteiger charge is -1.97. The molecule has 0 spiro atoms. The number of benzene rings is 1. The van der Waals surface area contributed by atoms with Gasteiger partial charge in [-0.3, -0.25) is 5.10 Å². The number of aromatic nitrogens is 2. The molecule has 0 unspecified atom stereocenters. The lowest BCUT2D eigenvalue weighted by molar-refractivity contribution is 0.277. The number of aromatic amines is 1. The summed E-state index contributed by atoms with van der Waals surface area (Å²) in [5.74, 6) is 0. The molecule has 78 valence electrons. The maximum Gasteiger partial charge on any atom is 0.111 e. The molecule has 0 saturated heterocycles. The first kappa shape index (κ1) is 10.5. The number of rotatable bonds is 2. The molecular weight excluding hydrogens is 235 g/mol. The Kier molecular flexibility index (Phi) is 2.95. The standard InChI is InChI=1S/C10H8Cl2N2O/c11-7-3-1-6(2-4-7)10-9(12)8(5-15)13-14-10/h1-4,15H,5H2,(H,13,14). The molecule has 0 aliphatic heterocycles. The minimum atomic E-state index is -0.153. The summed E-state index contributed by atoms with van der Waals surface area (Å²) >= 11 is 11.8. The molecule has 0 amide bonds. The van der Waals surface area contributed by atoms with Gasteiger partial charge in [0.15, 0.2) is 0 Å². The van der Waals surface area contributed by atoms with Crippen molar-refractivity contribution in [1.82, 2.24) is 10.2 Å². The fourth-order valence-electron chi connectivity index (χ4n) is 1.27. The van der Waals surface area contributed by atoms with Crippen molar-refractivity contribution in [2.24, 2.45) is 0 Å². The Morgan fingerprint density at radius 2 is 1.87 bits per heavy atom. The van der Waals surface area contributed by atoms with Crippen LogP contribution in [0.15, 0.2) is 24.3 Å². The van der Waals surface area contributed by atoms with E-state index in [1.807, 2.05) is 12.1 Å². The van der Waals surface area contributed by atoms with Crippen molar-refractivity contribution >= 4 is 23.2 Å². The van der Waals surface area contributed by atoms with Crippen LogP contribution in [0.1, 0.15) is 5.69 Å². The van der Waals surface area contributed by atoms with Crippen molar-refractivity contribution in [3.63, 3.8) is 0 Å². The highest BCUT2D eigenvalue weighted by Gasteiger charge is 2.11. The number of aliphatic hydroxyl groups is 1. The maximum absolute atomic E-state index is 8.95. The molecule has 1 aromatic heterocycles. The van der Waals surface area contributed by atoms with Crippen molar-refractivity contribution < 1.29 is 5.11 Å². The lowest BCUT2D eigenvalue weighted by atomic mass is 10.1. The fraction of sp³-hybridized carbons (Fsp3) is 0.100. The van der Waals surface area contributed by atoms with E-state index < -0.39 is 0 Å². The minimum absolute atomic E-state index is 0.153. The third kappa shape index (κ3) is 2.00. The third-order valence-electron chi connectivity index (χ3n) is 2.05. The predicted octanol–water partition coefficient (Wildman–Crippen LogP) is 2.88. The van der Waals surface area contributed by atoms with Gasteiger partial charge in [0, 0.05) is 10.6 Å². The van der Waals surface area contributed by atoms with E-state index >= 15 is 0 Å². The summed E-state index contributed by atoms with van der Waals surface area (Å²) in [6, 6.07) is 7.18. The van der Waals surface area contributed by atoms with Crippen LogP contribution in [0, 0.1) is 0 Å². The summed E-state index contributed by atoms with van der Waals surface area (Å²) in [4.78, 5) is 0. The zero-order valence-corrected chi connectivity index (χ0v) is 9.18. The van der Waals surface area contributed by atoms with Crippen LogP contribution in [-0.4, -0.2) is 15.3 Å². The summed E-state index contributed by atoms with van der Waals surface area (Å²) in [7, 11) is 0. The maximum atomic E-state index is 8.95. The highest BCUT2D eigenvalue weighted by Crippen LogP contribution is 2.28. The fourth-order valence-corrected chi connectivity index (χ4v) is 1.65. The zero-order valence-electron chi connectivity index (χ0n) is 7.67. The first-order valence-electron chi connectivity index (χ1n) is 4.32. The van der Waals surface area contributed by atoms with E-state index in [4.69, 9.17) is 28.3 Å². The Morgan fingerprint density at radius 1 is 1.20 bits per heavy atom. The summed E-state index contributed by atoms with van der Waals surface area (Å²) in [5, 5.41) is 16.7. The molecule has 0 radical (unpaired) electrons. The number of halogens is 2. The third-order valence-corrected chi connectivity index (χ3v) is 2.71. The highest BCUT2D eigenvalue weighted by atomic mass is 35.5. The van der Waals surface area contributed by atoms with Gasteiger partial charge in [-0.2, -0.15) is 5.10 Å². The topological polar surface area (TPSA) is 48.9 Å². The molecule has 0 fully saturated rings. The van der Waals surface area contributed by atoms with Gasteiger partial charge in [0.2, 0.25) is 0 Å². The number of hydrogen-bond donors (Lipinski definition) is 2. The van der Waals surface area contributed by atoms with Crippen LogP contribution >= 0.6 is 23.2 Å². The quantitative estimate of drug-likeness (QED) is 0.851. The van der Waals surface area contributed by atoms with Gasteiger partial charge in [0.25, 0.3) is 0 Å². The van der Waals surface area contributed by atoms with Crippen molar-refractivity contribution in [1.29, 1.82) is 0 Å². The summed E-state index contributed by atoms with van der Waals surface area (Å²) < 4.78 is 0. The molecule has 2 aromatic rings. The normalized spacial score (nSPS) is 10.6. The average molecular weight is 243 g/mol. The van der Waals surface area contributed by atoms with Crippen LogP contribution in [0.5, 0.6) is 0 Å². The molecule has 0 saturated carbocycles. The van der Waals surface area contributed by atoms with Crippen LogP contribution in [0.2, 0.25) is 10.0 Å². The van der Waals surface area contributed by atoms with Crippen molar-refractivity contribution in [3.8, 4) is 11.3 Å². The van der Waals surface area contributed by atoms with Crippen molar-refractivity contribution in [2.75, 3.05) is 0 Å². The van der Waals surface area contributed by atoms with Crippen molar-refractivity contribution in [2.45, 2.75) is 6.61 Å². The Morgan fingerprint density at radius 3 is 2.40 bits per heavy atom. The predicted molar refractivity (Wildman–Crippen MR) is 60.0 cm³/mol. The molecule has 3 nitrogen and oxygen atoms in total. The molecule has 0 bridgehead atoms. The summed E-state index contributed by atoms with van der Waals surface area (Å²) in [6.07, 6.45) is 0. The van der Waals surface area contributed by atoms with Crippen LogP contribution in [-0.2, 0) is 6.61 Å². The number of nitrogens with one attached hydrogen (secondary N) is 1. The monoisotopic (exact) mass is 242 g/mol. The Hall–Kier alpha value is -1.03. The van der Waals surface area contributed by atoms with E-state index in [1.54, 1.807) is 12.1 Å². The van der Waals surface area contributed by atoms with Crippen molar-refractivity contribution in [3.05, 3.63) is 40.0 Å². The molecule has 1 heterocycles. The SMILES string of the molecule is OCc1[nH]nc(-c2ccc(Cl)cc2)c1Cl. The molecule has 1 aromatic carbocycles. The Bertz CT molecular complexity index is 465. The second-order valence-electron chi connectivity index (χ2n) is 3.03. The zero-order chi connectivity index (χ0) is 10.8. The minimum Gasteiger partial charge on any atom is -0.390 e. The van der Waals surface area contributed by atoms with E-state index in [0.29, 0.717) is 21.4 Å². The van der Waals surface area contributed by atoms with Crippen LogP contribution in [0.25, 0.3) is 11.3 Å². The van der Waals surface area contributed by atoms with Gasteiger partial charge >= 0.3 is 0 Å². The average Bonchev–Trinajstić information content (AvgIpc) is 2.61. The molecule has 0 aliphatic rings. The van der Waals surface area contributed by atoms with E-state index in [1.165, 1.54) is 0 Å². The van der Waals surface area contributed by atoms with Gasteiger partial charge < -0.3 is 5.11 Å². The molecule has 2 rings (SSSR count). The molecule has 0 atom stereocenters. The second kappa shape index (κ2) is 4.23.